The first-order valence-electron chi connectivity index (χ1n) is 6.04. The zero-order valence-corrected chi connectivity index (χ0v) is 16.2. The van der Waals surface area contributed by atoms with Crippen molar-refractivity contribution in [2.75, 3.05) is 48.4 Å². The van der Waals surface area contributed by atoms with Gasteiger partial charge in [0.15, 0.2) is 0 Å². The molecular weight excluding hydrogens is 316 g/mol. The average Bonchev–Trinajstić information content (AvgIpc) is 2.53. The summed E-state index contributed by atoms with van der Waals surface area (Å²) in [5.74, 6) is 0.838. The van der Waals surface area contributed by atoms with Crippen molar-refractivity contribution in [1.82, 2.24) is 0 Å². The second-order valence-corrected chi connectivity index (χ2v) is 9.92. The molecule has 20 heavy (non-hydrogen) atoms. The van der Waals surface area contributed by atoms with Gasteiger partial charge in [-0.25, -0.2) is 0 Å². The Labute approximate surface area is 130 Å². The summed E-state index contributed by atoms with van der Waals surface area (Å²) in [6.45, 7) is 3.53. The van der Waals surface area contributed by atoms with Crippen molar-refractivity contribution in [1.29, 1.82) is 0 Å². The highest BCUT2D eigenvalue weighted by Gasteiger charge is 2.36. The van der Waals surface area contributed by atoms with Crippen molar-refractivity contribution in [2.45, 2.75) is 12.5 Å². The molecule has 0 amide bonds. The molecule has 0 aliphatic carbocycles. The van der Waals surface area contributed by atoms with E-state index >= 15 is 0 Å². The Morgan fingerprint density at radius 2 is 1.25 bits per heavy atom. The van der Waals surface area contributed by atoms with Gasteiger partial charge < -0.3 is 26.6 Å². The number of rotatable bonds is 10. The van der Waals surface area contributed by atoms with Gasteiger partial charge in [-0.1, -0.05) is 6.58 Å². The fraction of sp³-hybridized carbons (Fsp3) is 0.818. The third-order valence-electron chi connectivity index (χ3n) is 2.68. The molecule has 0 fully saturated rings. The molecule has 0 unspecified atom stereocenters. The van der Waals surface area contributed by atoms with Gasteiger partial charge in [0.05, 0.1) is 0 Å². The molecule has 0 atom stereocenters. The third kappa shape index (κ3) is 7.91. The zero-order valence-electron chi connectivity index (χ0n) is 13.3. The van der Waals surface area contributed by atoms with E-state index in [9.17, 15) is 0 Å². The normalized spacial score (nSPS) is 11.8. The molecular formula is C11H28O6SSi2. The van der Waals surface area contributed by atoms with E-state index in [1.54, 1.807) is 48.4 Å². The van der Waals surface area contributed by atoms with Gasteiger partial charge in [0.25, 0.3) is 0 Å². The predicted octanol–water partition coefficient (Wildman–Crippen LogP) is 1.77. The zero-order chi connectivity index (χ0) is 16.1. The lowest BCUT2D eigenvalue weighted by Crippen LogP contribution is -2.42. The molecule has 0 aliphatic heterocycles. The summed E-state index contributed by atoms with van der Waals surface area (Å²) in [4.78, 5) is 0. The summed E-state index contributed by atoms with van der Waals surface area (Å²) in [6.07, 6.45) is 0.963. The molecule has 0 rings (SSSR count). The van der Waals surface area contributed by atoms with Gasteiger partial charge in [-0.2, -0.15) is 12.6 Å². The molecule has 0 aromatic heterocycles. The van der Waals surface area contributed by atoms with Gasteiger partial charge in [0.2, 0.25) is 0 Å². The van der Waals surface area contributed by atoms with Crippen LogP contribution in [0.4, 0.5) is 0 Å². The van der Waals surface area contributed by atoms with E-state index in [1.807, 2.05) is 0 Å². The summed E-state index contributed by atoms with van der Waals surface area (Å²) in [5, 5.41) is 0. The van der Waals surface area contributed by atoms with Crippen molar-refractivity contribution >= 4 is 30.2 Å². The van der Waals surface area contributed by atoms with E-state index in [1.165, 1.54) is 0 Å². The van der Waals surface area contributed by atoms with Crippen LogP contribution >= 0.6 is 12.6 Å². The maximum Gasteiger partial charge on any atom is 0.528 e. The quantitative estimate of drug-likeness (QED) is 0.481. The third-order valence-corrected chi connectivity index (χ3v) is 8.03. The molecule has 0 bridgehead atoms. The number of hydrogen-bond acceptors (Lipinski definition) is 7. The minimum Gasteiger partial charge on any atom is -0.377 e. The van der Waals surface area contributed by atoms with Crippen molar-refractivity contribution in [3.8, 4) is 0 Å². The maximum absolute atomic E-state index is 5.20. The van der Waals surface area contributed by atoms with Crippen LogP contribution < -0.4 is 0 Å². The van der Waals surface area contributed by atoms with Crippen molar-refractivity contribution < 1.29 is 26.6 Å². The highest BCUT2D eigenvalue weighted by molar-refractivity contribution is 7.80. The van der Waals surface area contributed by atoms with Crippen LogP contribution in [-0.4, -0.2) is 66.0 Å². The molecule has 0 saturated heterocycles. The van der Waals surface area contributed by atoms with E-state index in [2.05, 4.69) is 19.2 Å². The van der Waals surface area contributed by atoms with Crippen LogP contribution in [0.15, 0.2) is 12.3 Å². The van der Waals surface area contributed by atoms with Crippen molar-refractivity contribution in [3.63, 3.8) is 0 Å². The minimum absolute atomic E-state index is 0.833. The Bertz CT molecular complexity index is 220. The van der Waals surface area contributed by atoms with E-state index in [0.29, 0.717) is 0 Å². The number of hydrogen-bond donors (Lipinski definition) is 1. The summed E-state index contributed by atoms with van der Waals surface area (Å²) in [6, 6.07) is 0.833. The van der Waals surface area contributed by atoms with Crippen LogP contribution in [-0.2, 0) is 26.6 Å². The monoisotopic (exact) mass is 344 g/mol. The number of thiol groups is 1. The molecule has 122 valence electrons. The van der Waals surface area contributed by atoms with Crippen LogP contribution in [0.1, 0.15) is 6.42 Å². The molecule has 0 N–H and O–H groups in total. The first kappa shape index (κ1) is 22.6. The smallest absolute Gasteiger partial charge is 0.377 e. The molecule has 0 heterocycles. The first-order valence-corrected chi connectivity index (χ1v) is 10.4. The Hall–Kier alpha value is 0.284. The Morgan fingerprint density at radius 3 is 1.40 bits per heavy atom. The molecule has 0 saturated carbocycles. The summed E-state index contributed by atoms with van der Waals surface area (Å²) in [7, 11) is 4.78. The fourth-order valence-corrected chi connectivity index (χ4v) is 4.53. The van der Waals surface area contributed by atoms with E-state index in [-0.39, 0.29) is 0 Å². The Balaban J connectivity index is 0. The van der Waals surface area contributed by atoms with Crippen LogP contribution in [0, 0.1) is 0 Å². The predicted molar refractivity (Wildman–Crippen MR) is 87.0 cm³/mol. The van der Waals surface area contributed by atoms with Crippen molar-refractivity contribution in [2.24, 2.45) is 0 Å². The summed E-state index contributed by atoms with van der Waals surface area (Å²) in [5.41, 5.74) is 1.58. The maximum atomic E-state index is 5.20. The molecule has 6 nitrogen and oxygen atoms in total. The lowest BCUT2D eigenvalue weighted by Gasteiger charge is -2.23. The fourth-order valence-electron chi connectivity index (χ4n) is 1.35. The van der Waals surface area contributed by atoms with E-state index in [4.69, 9.17) is 26.6 Å². The topological polar surface area (TPSA) is 55.4 Å². The van der Waals surface area contributed by atoms with Crippen LogP contribution in [0.3, 0.4) is 0 Å². The summed E-state index contributed by atoms with van der Waals surface area (Å²) < 4.78 is 30.5. The van der Waals surface area contributed by atoms with Gasteiger partial charge in [-0.05, 0) is 17.9 Å². The lowest BCUT2D eigenvalue weighted by atomic mass is 10.6. The lowest BCUT2D eigenvalue weighted by molar-refractivity contribution is 0.123. The summed E-state index contributed by atoms with van der Waals surface area (Å²) >= 11 is 4.10. The highest BCUT2D eigenvalue weighted by Crippen LogP contribution is 2.14. The first-order chi connectivity index (χ1) is 9.49. The van der Waals surface area contributed by atoms with Crippen LogP contribution in [0.2, 0.25) is 6.04 Å². The van der Waals surface area contributed by atoms with Crippen LogP contribution in [0.5, 0.6) is 0 Å². The second-order valence-electron chi connectivity index (χ2n) is 3.54. The van der Waals surface area contributed by atoms with Gasteiger partial charge in [-0.15, -0.1) is 0 Å². The Kier molecular flexibility index (Phi) is 14.6. The second kappa shape index (κ2) is 13.0. The Morgan fingerprint density at radius 1 is 0.850 bits per heavy atom. The van der Waals surface area contributed by atoms with E-state index in [0.717, 1.165) is 18.2 Å². The molecule has 0 aromatic carbocycles. The van der Waals surface area contributed by atoms with Crippen LogP contribution in [0.25, 0.3) is 0 Å². The molecule has 0 spiro atoms. The van der Waals surface area contributed by atoms with E-state index < -0.39 is 17.6 Å². The van der Waals surface area contributed by atoms with Gasteiger partial charge in [0.1, 0.15) is 0 Å². The largest absolute Gasteiger partial charge is 0.528 e. The highest BCUT2D eigenvalue weighted by atomic mass is 32.1. The van der Waals surface area contributed by atoms with Gasteiger partial charge in [0, 0.05) is 48.7 Å². The molecule has 9 heteroatoms. The van der Waals surface area contributed by atoms with Gasteiger partial charge in [-0.3, -0.25) is 0 Å². The van der Waals surface area contributed by atoms with Crippen molar-refractivity contribution in [3.05, 3.63) is 12.3 Å². The SMILES string of the molecule is C=C[Si](OC)(OC)OC.CO[Si](CCCS)(OC)OC. The molecule has 0 radical (unpaired) electrons. The minimum atomic E-state index is -2.43. The molecule has 0 aromatic rings. The standard InChI is InChI=1S/C6H16O3SSi.C5H12O3Si/c1-7-11(8-2,9-3)6-4-5-10;1-5-9(6-2,7-3)8-4/h10H,4-6H2,1-3H3;5H,1H2,2-4H3. The average molecular weight is 345 g/mol. The molecule has 0 aliphatic rings. The van der Waals surface area contributed by atoms with Gasteiger partial charge >= 0.3 is 17.6 Å².